The topological polar surface area (TPSA) is 18.5 Å². The lowest BCUT2D eigenvalue weighted by atomic mass is 10.0. The molecular weight excluding hydrogens is 198 g/mol. The molecule has 94 valence electrons. The summed E-state index contributed by atoms with van der Waals surface area (Å²) in [6.45, 7) is 12.1. The van der Waals surface area contributed by atoms with Gasteiger partial charge in [0.15, 0.2) is 0 Å². The van der Waals surface area contributed by atoms with Crippen LogP contribution in [0.15, 0.2) is 0 Å². The van der Waals surface area contributed by atoms with Crippen LogP contribution in [0.3, 0.4) is 0 Å². The molecule has 2 heterocycles. The molecule has 2 atom stereocenters. The number of nitrogens with zero attached hydrogens (tertiary/aromatic N) is 2. The minimum atomic E-state index is 0.738. The lowest BCUT2D eigenvalue weighted by molar-refractivity contribution is 0.0787. The maximum Gasteiger partial charge on any atom is 0.0195 e. The van der Waals surface area contributed by atoms with Gasteiger partial charge in [0.2, 0.25) is 0 Å². The molecule has 2 aliphatic heterocycles. The molecule has 0 bridgehead atoms. The third kappa shape index (κ3) is 3.19. The van der Waals surface area contributed by atoms with Gasteiger partial charge in [-0.3, -0.25) is 9.80 Å². The summed E-state index contributed by atoms with van der Waals surface area (Å²) in [7, 11) is 0. The number of piperidine rings is 1. The molecule has 0 aromatic heterocycles. The second kappa shape index (κ2) is 5.99. The average molecular weight is 225 g/mol. The van der Waals surface area contributed by atoms with E-state index >= 15 is 0 Å². The van der Waals surface area contributed by atoms with Crippen molar-refractivity contribution in [3.63, 3.8) is 0 Å². The Kier molecular flexibility index (Phi) is 4.62. The van der Waals surface area contributed by atoms with Gasteiger partial charge < -0.3 is 5.32 Å². The van der Waals surface area contributed by atoms with Crippen molar-refractivity contribution in [2.75, 3.05) is 39.3 Å². The largest absolute Gasteiger partial charge is 0.313 e. The van der Waals surface area contributed by atoms with E-state index in [0.717, 1.165) is 12.1 Å². The van der Waals surface area contributed by atoms with Crippen LogP contribution < -0.4 is 5.32 Å². The first-order valence-corrected chi connectivity index (χ1v) is 6.99. The van der Waals surface area contributed by atoms with Gasteiger partial charge in [-0.2, -0.15) is 0 Å². The first kappa shape index (κ1) is 12.3. The summed E-state index contributed by atoms with van der Waals surface area (Å²) >= 11 is 0. The molecule has 16 heavy (non-hydrogen) atoms. The van der Waals surface area contributed by atoms with Crippen LogP contribution in [0.4, 0.5) is 0 Å². The number of rotatable bonds is 3. The van der Waals surface area contributed by atoms with Crippen LogP contribution in [0.5, 0.6) is 0 Å². The molecule has 0 saturated carbocycles. The first-order chi connectivity index (χ1) is 7.79. The van der Waals surface area contributed by atoms with Gasteiger partial charge in [-0.1, -0.05) is 13.3 Å². The molecule has 2 unspecified atom stereocenters. The number of likely N-dealkylation sites (N-methyl/N-ethyl adjacent to an activating group) is 1. The Labute approximate surface area is 100 Å². The molecule has 0 radical (unpaired) electrons. The van der Waals surface area contributed by atoms with E-state index in [-0.39, 0.29) is 0 Å². The predicted octanol–water partition coefficient (Wildman–Crippen LogP) is 1.15. The van der Waals surface area contributed by atoms with Crippen molar-refractivity contribution >= 4 is 0 Å². The maximum atomic E-state index is 3.65. The van der Waals surface area contributed by atoms with Crippen molar-refractivity contribution in [2.24, 2.45) is 0 Å². The summed E-state index contributed by atoms with van der Waals surface area (Å²) in [6.07, 6.45) is 4.17. The standard InChI is InChI=1S/C13H27N3/c1-3-16-9-8-15(10-12(16)2)11-13-6-4-5-7-14-13/h12-14H,3-11H2,1-2H3. The van der Waals surface area contributed by atoms with Crippen molar-refractivity contribution in [2.45, 2.75) is 45.2 Å². The van der Waals surface area contributed by atoms with Crippen LogP contribution in [0.1, 0.15) is 33.1 Å². The van der Waals surface area contributed by atoms with Crippen LogP contribution in [0, 0.1) is 0 Å². The second-order valence-corrected chi connectivity index (χ2v) is 5.38. The maximum absolute atomic E-state index is 3.65. The van der Waals surface area contributed by atoms with E-state index < -0.39 is 0 Å². The summed E-state index contributed by atoms with van der Waals surface area (Å²) < 4.78 is 0. The van der Waals surface area contributed by atoms with Crippen molar-refractivity contribution in [1.29, 1.82) is 0 Å². The first-order valence-electron chi connectivity index (χ1n) is 6.99. The van der Waals surface area contributed by atoms with E-state index in [1.165, 1.54) is 58.5 Å². The zero-order valence-electron chi connectivity index (χ0n) is 10.9. The van der Waals surface area contributed by atoms with E-state index in [0.29, 0.717) is 0 Å². The minimum absolute atomic E-state index is 0.738. The summed E-state index contributed by atoms with van der Waals surface area (Å²) in [5.74, 6) is 0. The highest BCUT2D eigenvalue weighted by atomic mass is 15.3. The van der Waals surface area contributed by atoms with Gasteiger partial charge in [0.1, 0.15) is 0 Å². The minimum Gasteiger partial charge on any atom is -0.313 e. The number of hydrogen-bond acceptors (Lipinski definition) is 3. The molecule has 0 aliphatic carbocycles. The molecule has 0 spiro atoms. The van der Waals surface area contributed by atoms with Crippen molar-refractivity contribution in [3.8, 4) is 0 Å². The molecule has 0 amide bonds. The van der Waals surface area contributed by atoms with Crippen molar-refractivity contribution in [3.05, 3.63) is 0 Å². The Hall–Kier alpha value is -0.120. The second-order valence-electron chi connectivity index (χ2n) is 5.38. The van der Waals surface area contributed by atoms with Crippen LogP contribution in [-0.4, -0.2) is 61.2 Å². The van der Waals surface area contributed by atoms with Gasteiger partial charge in [-0.05, 0) is 32.9 Å². The zero-order valence-corrected chi connectivity index (χ0v) is 10.9. The Morgan fingerprint density at radius 3 is 2.75 bits per heavy atom. The average Bonchev–Trinajstić information content (AvgIpc) is 2.31. The molecule has 3 heteroatoms. The van der Waals surface area contributed by atoms with Crippen LogP contribution in [0.25, 0.3) is 0 Å². The summed E-state index contributed by atoms with van der Waals surface area (Å²) in [4.78, 5) is 5.24. The Bertz CT molecular complexity index is 201. The van der Waals surface area contributed by atoms with Gasteiger partial charge in [-0.25, -0.2) is 0 Å². The van der Waals surface area contributed by atoms with Crippen molar-refractivity contribution in [1.82, 2.24) is 15.1 Å². The lowest BCUT2D eigenvalue weighted by Crippen LogP contribution is -2.55. The molecule has 2 saturated heterocycles. The van der Waals surface area contributed by atoms with Gasteiger partial charge in [0.05, 0.1) is 0 Å². The van der Waals surface area contributed by atoms with Crippen LogP contribution >= 0.6 is 0 Å². The lowest BCUT2D eigenvalue weighted by Gasteiger charge is -2.41. The fourth-order valence-corrected chi connectivity index (χ4v) is 3.10. The number of piperazine rings is 1. The SMILES string of the molecule is CCN1CCN(CC2CCCCN2)CC1C. The molecule has 2 aliphatic rings. The van der Waals surface area contributed by atoms with E-state index in [4.69, 9.17) is 0 Å². The molecule has 3 nitrogen and oxygen atoms in total. The third-order valence-electron chi connectivity index (χ3n) is 4.15. The Morgan fingerprint density at radius 1 is 1.25 bits per heavy atom. The number of hydrogen-bond donors (Lipinski definition) is 1. The van der Waals surface area contributed by atoms with Gasteiger partial charge in [0.25, 0.3) is 0 Å². The summed E-state index contributed by atoms with van der Waals surface area (Å²) in [5, 5.41) is 3.65. The Balaban J connectivity index is 1.74. The normalized spacial score (nSPS) is 34.1. The molecule has 1 N–H and O–H groups in total. The monoisotopic (exact) mass is 225 g/mol. The smallest absolute Gasteiger partial charge is 0.0195 e. The van der Waals surface area contributed by atoms with Gasteiger partial charge in [0, 0.05) is 38.3 Å². The molecule has 2 fully saturated rings. The van der Waals surface area contributed by atoms with Crippen LogP contribution in [0.2, 0.25) is 0 Å². The van der Waals surface area contributed by atoms with Crippen LogP contribution in [-0.2, 0) is 0 Å². The molecular formula is C13H27N3. The molecule has 0 aromatic rings. The van der Waals surface area contributed by atoms with E-state index in [2.05, 4.69) is 29.0 Å². The van der Waals surface area contributed by atoms with E-state index in [9.17, 15) is 0 Å². The highest BCUT2D eigenvalue weighted by Crippen LogP contribution is 2.13. The van der Waals surface area contributed by atoms with Crippen molar-refractivity contribution < 1.29 is 0 Å². The zero-order chi connectivity index (χ0) is 11.4. The highest BCUT2D eigenvalue weighted by Gasteiger charge is 2.24. The third-order valence-corrected chi connectivity index (χ3v) is 4.15. The molecule has 0 aromatic carbocycles. The van der Waals surface area contributed by atoms with E-state index in [1.54, 1.807) is 0 Å². The predicted molar refractivity (Wildman–Crippen MR) is 68.8 cm³/mol. The molecule has 2 rings (SSSR count). The Morgan fingerprint density at radius 2 is 2.12 bits per heavy atom. The summed E-state index contributed by atoms with van der Waals surface area (Å²) in [5.41, 5.74) is 0. The van der Waals surface area contributed by atoms with Gasteiger partial charge in [-0.15, -0.1) is 0 Å². The fourth-order valence-electron chi connectivity index (χ4n) is 3.10. The summed E-state index contributed by atoms with van der Waals surface area (Å²) in [6, 6.07) is 1.50. The quantitative estimate of drug-likeness (QED) is 0.777. The van der Waals surface area contributed by atoms with E-state index in [1.807, 2.05) is 0 Å². The fraction of sp³-hybridized carbons (Fsp3) is 1.00. The highest BCUT2D eigenvalue weighted by molar-refractivity contribution is 4.82. The number of nitrogens with one attached hydrogen (secondary N) is 1. The van der Waals surface area contributed by atoms with Gasteiger partial charge >= 0.3 is 0 Å².